The lowest BCUT2D eigenvalue weighted by atomic mass is 10.0. The molecule has 0 aromatic carbocycles. The van der Waals surface area contributed by atoms with Gasteiger partial charge in [-0.3, -0.25) is 14.4 Å². The predicted molar refractivity (Wildman–Crippen MR) is 335 cm³/mol. The molecule has 0 aliphatic carbocycles. The third-order valence-corrected chi connectivity index (χ3v) is 16.6. The van der Waals surface area contributed by atoms with Crippen molar-refractivity contribution in [3.8, 4) is 0 Å². The van der Waals surface area contributed by atoms with Gasteiger partial charge in [0.25, 0.3) is 0 Å². The Kier molecular flexibility index (Phi) is 65.5. The molecular weight excluding hydrogens is 949 g/mol. The Labute approximate surface area is 482 Å². The van der Waals surface area contributed by atoms with Gasteiger partial charge in [0.1, 0.15) is 13.2 Å². The lowest BCUT2D eigenvalue weighted by Crippen LogP contribution is -2.30. The molecule has 6 heteroatoms. The Morgan fingerprint density at radius 3 is 0.519 bits per heavy atom. The summed E-state index contributed by atoms with van der Waals surface area (Å²) in [6, 6.07) is 0. The molecule has 0 spiro atoms. The maximum Gasteiger partial charge on any atom is 0.306 e. The summed E-state index contributed by atoms with van der Waals surface area (Å²) in [6.07, 6.45) is 78.8. The van der Waals surface area contributed by atoms with E-state index in [-0.39, 0.29) is 31.1 Å². The van der Waals surface area contributed by atoms with E-state index in [1.54, 1.807) is 0 Å². The zero-order valence-electron chi connectivity index (χ0n) is 52.8. The van der Waals surface area contributed by atoms with Gasteiger partial charge in [-0.1, -0.05) is 380 Å². The minimum absolute atomic E-state index is 0.0610. The van der Waals surface area contributed by atoms with Crippen LogP contribution in [0.5, 0.6) is 0 Å². The second-order valence-electron chi connectivity index (χ2n) is 24.5. The molecule has 0 saturated carbocycles. The summed E-state index contributed by atoms with van der Waals surface area (Å²) in [5.41, 5.74) is 0. The molecule has 0 aromatic rings. The van der Waals surface area contributed by atoms with Crippen LogP contribution in [-0.2, 0) is 28.6 Å². The number of unbranched alkanes of at least 4 members (excludes halogenated alkanes) is 56. The molecule has 0 saturated heterocycles. The second kappa shape index (κ2) is 66.9. The van der Waals surface area contributed by atoms with E-state index >= 15 is 0 Å². The fraction of sp³-hybridized carbons (Fsp3) is 0.958. The number of rotatable bonds is 67. The van der Waals surface area contributed by atoms with Crippen LogP contribution in [-0.4, -0.2) is 37.2 Å². The number of carbonyl (C=O) groups excluding carboxylic acids is 3. The molecule has 0 N–H and O–H groups in total. The third-order valence-electron chi connectivity index (χ3n) is 16.6. The van der Waals surface area contributed by atoms with E-state index in [1.807, 2.05) is 0 Å². The number of hydrogen-bond acceptors (Lipinski definition) is 6. The monoisotopic (exact) mass is 1090 g/mol. The highest BCUT2D eigenvalue weighted by molar-refractivity contribution is 5.71. The normalized spacial score (nSPS) is 11.9. The Hall–Kier alpha value is -1.59. The topological polar surface area (TPSA) is 78.9 Å². The molecule has 0 aliphatic heterocycles. The van der Waals surface area contributed by atoms with Gasteiger partial charge in [-0.15, -0.1) is 0 Å². The second-order valence-corrected chi connectivity index (χ2v) is 24.5. The van der Waals surface area contributed by atoms with Crippen molar-refractivity contribution in [2.75, 3.05) is 13.2 Å². The first kappa shape index (κ1) is 75.4. The van der Waals surface area contributed by atoms with Gasteiger partial charge in [0, 0.05) is 19.3 Å². The molecule has 0 radical (unpaired) electrons. The van der Waals surface area contributed by atoms with E-state index < -0.39 is 6.10 Å². The maximum atomic E-state index is 12.9. The van der Waals surface area contributed by atoms with Gasteiger partial charge in [-0.25, -0.2) is 0 Å². The summed E-state index contributed by atoms with van der Waals surface area (Å²) in [5, 5.41) is 0. The summed E-state index contributed by atoms with van der Waals surface area (Å²) >= 11 is 0. The largest absolute Gasteiger partial charge is 0.462 e. The van der Waals surface area contributed by atoms with Crippen molar-refractivity contribution in [3.05, 3.63) is 0 Å². The predicted octanol–water partition coefficient (Wildman–Crippen LogP) is 24.2. The Bertz CT molecular complexity index is 1160. The fourth-order valence-corrected chi connectivity index (χ4v) is 11.3. The van der Waals surface area contributed by atoms with Gasteiger partial charge in [0.2, 0.25) is 0 Å². The lowest BCUT2D eigenvalue weighted by Gasteiger charge is -2.18. The van der Waals surface area contributed by atoms with Crippen molar-refractivity contribution in [3.63, 3.8) is 0 Å². The van der Waals surface area contributed by atoms with Crippen molar-refractivity contribution >= 4 is 17.9 Å². The van der Waals surface area contributed by atoms with Crippen LogP contribution in [0.25, 0.3) is 0 Å². The molecular formula is C71H138O6. The average molecular weight is 1090 g/mol. The first-order valence-corrected chi connectivity index (χ1v) is 35.5. The number of esters is 3. The quantitative estimate of drug-likeness (QED) is 0.0343. The standard InChI is InChI=1S/C71H138O6/c1-4-7-10-13-16-19-22-24-26-27-28-29-30-31-32-33-34-35-36-37-38-39-40-41-42-43-44-45-46-48-49-52-55-58-61-64-70(73)76-67-68(66-75-69(72)63-60-57-54-51-21-18-15-12-9-6-3)77-71(74)65-62-59-56-53-50-47-25-23-20-17-14-11-8-5-2/h68H,4-67H2,1-3H3. The van der Waals surface area contributed by atoms with Crippen LogP contribution >= 0.6 is 0 Å². The van der Waals surface area contributed by atoms with Gasteiger partial charge < -0.3 is 14.2 Å². The van der Waals surface area contributed by atoms with Crippen molar-refractivity contribution in [2.24, 2.45) is 0 Å². The molecule has 6 nitrogen and oxygen atoms in total. The summed E-state index contributed by atoms with van der Waals surface area (Å²) in [7, 11) is 0. The lowest BCUT2D eigenvalue weighted by molar-refractivity contribution is -0.167. The van der Waals surface area contributed by atoms with Crippen LogP contribution in [0, 0.1) is 0 Å². The number of carbonyl (C=O) groups is 3. The number of ether oxygens (including phenoxy) is 3. The van der Waals surface area contributed by atoms with Gasteiger partial charge >= 0.3 is 17.9 Å². The zero-order valence-corrected chi connectivity index (χ0v) is 52.8. The van der Waals surface area contributed by atoms with Gasteiger partial charge in [0.15, 0.2) is 6.10 Å². The van der Waals surface area contributed by atoms with Crippen molar-refractivity contribution in [1.82, 2.24) is 0 Å². The SMILES string of the molecule is CCCCCCCCCCCCCCCCCCCCCCCCCCCCCCCCCCCCCC(=O)OCC(COC(=O)CCCCCCCCCCCC)OC(=O)CCCCCCCCCCCCCCCC. The molecule has 0 amide bonds. The van der Waals surface area contributed by atoms with Crippen molar-refractivity contribution < 1.29 is 28.6 Å². The van der Waals surface area contributed by atoms with E-state index in [1.165, 1.54) is 321 Å². The third kappa shape index (κ3) is 65.1. The highest BCUT2D eigenvalue weighted by atomic mass is 16.6. The molecule has 458 valence electrons. The first-order chi connectivity index (χ1) is 38.0. The van der Waals surface area contributed by atoms with Crippen LogP contribution in [0.4, 0.5) is 0 Å². The number of hydrogen-bond donors (Lipinski definition) is 0. The van der Waals surface area contributed by atoms with Crippen LogP contribution in [0.3, 0.4) is 0 Å². The van der Waals surface area contributed by atoms with E-state index in [9.17, 15) is 14.4 Å². The summed E-state index contributed by atoms with van der Waals surface area (Å²) in [5.74, 6) is -0.830. The van der Waals surface area contributed by atoms with Crippen LogP contribution in [0.1, 0.15) is 419 Å². The Morgan fingerprint density at radius 2 is 0.351 bits per heavy atom. The summed E-state index contributed by atoms with van der Waals surface area (Å²) < 4.78 is 16.9. The van der Waals surface area contributed by atoms with E-state index in [0.29, 0.717) is 19.3 Å². The van der Waals surface area contributed by atoms with Crippen LogP contribution in [0.2, 0.25) is 0 Å². The fourth-order valence-electron chi connectivity index (χ4n) is 11.3. The molecule has 1 atom stereocenters. The van der Waals surface area contributed by atoms with Crippen LogP contribution in [0.15, 0.2) is 0 Å². The van der Waals surface area contributed by atoms with Crippen molar-refractivity contribution in [2.45, 2.75) is 425 Å². The van der Waals surface area contributed by atoms with E-state index in [2.05, 4.69) is 20.8 Å². The zero-order chi connectivity index (χ0) is 55.7. The molecule has 0 bridgehead atoms. The minimum Gasteiger partial charge on any atom is -0.462 e. The first-order valence-electron chi connectivity index (χ1n) is 35.5. The van der Waals surface area contributed by atoms with Gasteiger partial charge in [-0.05, 0) is 19.3 Å². The highest BCUT2D eigenvalue weighted by Crippen LogP contribution is 2.20. The van der Waals surface area contributed by atoms with E-state index in [0.717, 1.165) is 57.8 Å². The molecule has 0 heterocycles. The Balaban J connectivity index is 3.93. The van der Waals surface area contributed by atoms with Crippen LogP contribution < -0.4 is 0 Å². The highest BCUT2D eigenvalue weighted by Gasteiger charge is 2.19. The van der Waals surface area contributed by atoms with Crippen molar-refractivity contribution in [1.29, 1.82) is 0 Å². The van der Waals surface area contributed by atoms with E-state index in [4.69, 9.17) is 14.2 Å². The summed E-state index contributed by atoms with van der Waals surface area (Å²) in [6.45, 7) is 6.71. The summed E-state index contributed by atoms with van der Waals surface area (Å²) in [4.78, 5) is 38.2. The van der Waals surface area contributed by atoms with Gasteiger partial charge in [0.05, 0.1) is 0 Å². The smallest absolute Gasteiger partial charge is 0.306 e. The molecule has 1 unspecified atom stereocenters. The molecule has 0 aliphatic rings. The molecule has 0 fully saturated rings. The average Bonchev–Trinajstić information content (AvgIpc) is 3.43. The molecule has 77 heavy (non-hydrogen) atoms. The van der Waals surface area contributed by atoms with Gasteiger partial charge in [-0.2, -0.15) is 0 Å². The Morgan fingerprint density at radius 1 is 0.208 bits per heavy atom. The minimum atomic E-state index is -0.761. The molecule has 0 aromatic heterocycles. The maximum absolute atomic E-state index is 12.9. The molecule has 0 rings (SSSR count).